The number of esters is 1. The molecular weight excluding hydrogens is 392 g/mol. The molecule has 0 N–H and O–H groups in total. The number of carbonyl (C=O) groups excluding carboxylic acids is 2. The molecule has 0 saturated heterocycles. The van der Waals surface area contributed by atoms with E-state index >= 15 is 0 Å². The Morgan fingerprint density at radius 3 is 2.48 bits per heavy atom. The maximum absolute atomic E-state index is 12.9. The molecule has 6 heteroatoms. The van der Waals surface area contributed by atoms with Crippen LogP contribution in [0.3, 0.4) is 0 Å². The highest BCUT2D eigenvalue weighted by Crippen LogP contribution is 2.33. The molecule has 6 nitrogen and oxygen atoms in total. The summed E-state index contributed by atoms with van der Waals surface area (Å²) in [6, 6.07) is 23.5. The molecule has 0 aliphatic heterocycles. The van der Waals surface area contributed by atoms with Gasteiger partial charge in [0.1, 0.15) is 11.2 Å². The molecule has 0 bridgehead atoms. The second kappa shape index (κ2) is 7.84. The summed E-state index contributed by atoms with van der Waals surface area (Å²) in [5.74, 6) is -0.552. The molecule has 0 unspecified atom stereocenters. The highest BCUT2D eigenvalue weighted by Gasteiger charge is 2.19. The quantitative estimate of drug-likeness (QED) is 0.298. The molecule has 0 aliphatic rings. The third kappa shape index (κ3) is 3.55. The van der Waals surface area contributed by atoms with Crippen LogP contribution in [0.15, 0.2) is 89.5 Å². The lowest BCUT2D eigenvalue weighted by molar-refractivity contribution is 0.0475. The van der Waals surface area contributed by atoms with Gasteiger partial charge in [0.15, 0.2) is 12.2 Å². The molecule has 5 rings (SSSR count). The standard InChI is InChI=1S/C25H16N2O4/c28-21(19-11-3-4-14-26-19)15-30-25(29)18-10-6-8-16-7-5-9-17(23(16)18)24-27-20-12-1-2-13-22(20)31-24/h1-14H,15H2. The van der Waals surface area contributed by atoms with E-state index in [1.165, 1.54) is 6.20 Å². The Morgan fingerprint density at radius 1 is 0.871 bits per heavy atom. The number of oxazole rings is 1. The van der Waals surface area contributed by atoms with E-state index in [1.807, 2.05) is 48.5 Å². The maximum Gasteiger partial charge on any atom is 0.339 e. The van der Waals surface area contributed by atoms with Crippen molar-refractivity contribution in [3.05, 3.63) is 96.3 Å². The van der Waals surface area contributed by atoms with Gasteiger partial charge in [0.2, 0.25) is 11.7 Å². The summed E-state index contributed by atoms with van der Waals surface area (Å²) in [5, 5.41) is 1.50. The number of Topliss-reactive ketones (excluding diaryl/α,β-unsaturated/α-hetero) is 1. The Balaban J connectivity index is 1.52. The van der Waals surface area contributed by atoms with Crippen molar-refractivity contribution in [3.63, 3.8) is 0 Å². The topological polar surface area (TPSA) is 82.3 Å². The Kier molecular flexibility index (Phi) is 4.72. The normalized spacial score (nSPS) is 11.0. The maximum atomic E-state index is 12.9. The minimum atomic E-state index is -0.599. The Morgan fingerprint density at radius 2 is 1.68 bits per heavy atom. The largest absolute Gasteiger partial charge is 0.454 e. The van der Waals surface area contributed by atoms with E-state index in [-0.39, 0.29) is 11.5 Å². The summed E-state index contributed by atoms with van der Waals surface area (Å²) in [4.78, 5) is 33.7. The van der Waals surface area contributed by atoms with Crippen LogP contribution in [-0.4, -0.2) is 28.3 Å². The van der Waals surface area contributed by atoms with Gasteiger partial charge in [-0.05, 0) is 41.8 Å². The van der Waals surface area contributed by atoms with Gasteiger partial charge < -0.3 is 9.15 Å². The van der Waals surface area contributed by atoms with E-state index in [0.717, 1.165) is 10.9 Å². The number of ketones is 1. The van der Waals surface area contributed by atoms with Crippen LogP contribution in [0.5, 0.6) is 0 Å². The minimum Gasteiger partial charge on any atom is -0.454 e. The molecule has 0 spiro atoms. The predicted molar refractivity (Wildman–Crippen MR) is 116 cm³/mol. The van der Waals surface area contributed by atoms with Crippen LogP contribution < -0.4 is 0 Å². The van der Waals surface area contributed by atoms with Crippen LogP contribution in [-0.2, 0) is 4.74 Å². The van der Waals surface area contributed by atoms with Crippen LogP contribution in [0, 0.1) is 0 Å². The van der Waals surface area contributed by atoms with Crippen LogP contribution in [0.2, 0.25) is 0 Å². The van der Waals surface area contributed by atoms with Crippen LogP contribution >= 0.6 is 0 Å². The molecule has 0 atom stereocenters. The summed E-state index contributed by atoms with van der Waals surface area (Å²) in [7, 11) is 0. The van der Waals surface area contributed by atoms with Gasteiger partial charge >= 0.3 is 5.97 Å². The SMILES string of the molecule is O=C(COC(=O)c1cccc2cccc(-c3nc4ccccc4o3)c12)c1ccccn1. The molecule has 150 valence electrons. The molecule has 0 radical (unpaired) electrons. The molecule has 0 aliphatic carbocycles. The number of carbonyl (C=O) groups is 2. The van der Waals surface area contributed by atoms with Gasteiger partial charge in [-0.25, -0.2) is 9.78 Å². The Hall–Kier alpha value is -4.32. The van der Waals surface area contributed by atoms with Gasteiger partial charge in [0.25, 0.3) is 0 Å². The predicted octanol–water partition coefficient (Wildman–Crippen LogP) is 5.08. The number of hydrogen-bond donors (Lipinski definition) is 0. The number of fused-ring (bicyclic) bond motifs is 2. The van der Waals surface area contributed by atoms with Crippen molar-refractivity contribution in [2.45, 2.75) is 0 Å². The van der Waals surface area contributed by atoms with Crippen molar-refractivity contribution < 1.29 is 18.7 Å². The van der Waals surface area contributed by atoms with Crippen LogP contribution in [0.4, 0.5) is 0 Å². The monoisotopic (exact) mass is 408 g/mol. The third-order valence-electron chi connectivity index (χ3n) is 4.93. The lowest BCUT2D eigenvalue weighted by atomic mass is 9.99. The first kappa shape index (κ1) is 18.7. The minimum absolute atomic E-state index is 0.250. The Labute approximate surface area is 177 Å². The molecule has 31 heavy (non-hydrogen) atoms. The zero-order valence-corrected chi connectivity index (χ0v) is 16.3. The zero-order valence-electron chi connectivity index (χ0n) is 16.3. The van der Waals surface area contributed by atoms with E-state index in [4.69, 9.17) is 9.15 Å². The van der Waals surface area contributed by atoms with Crippen molar-refractivity contribution in [2.24, 2.45) is 0 Å². The van der Waals surface area contributed by atoms with Crippen molar-refractivity contribution in [2.75, 3.05) is 6.61 Å². The van der Waals surface area contributed by atoms with E-state index in [2.05, 4.69) is 9.97 Å². The van der Waals surface area contributed by atoms with Crippen molar-refractivity contribution in [3.8, 4) is 11.5 Å². The van der Waals surface area contributed by atoms with Crippen molar-refractivity contribution in [1.82, 2.24) is 9.97 Å². The fourth-order valence-corrected chi connectivity index (χ4v) is 3.49. The third-order valence-corrected chi connectivity index (χ3v) is 4.93. The lowest BCUT2D eigenvalue weighted by Crippen LogP contribution is -2.15. The number of hydrogen-bond acceptors (Lipinski definition) is 6. The first-order valence-corrected chi connectivity index (χ1v) is 9.70. The van der Waals surface area contributed by atoms with Gasteiger partial charge in [0.05, 0.1) is 5.56 Å². The molecule has 0 amide bonds. The first-order valence-electron chi connectivity index (χ1n) is 9.70. The molecule has 2 aromatic heterocycles. The summed E-state index contributed by atoms with van der Waals surface area (Å²) in [6.45, 7) is -0.392. The molecule has 2 heterocycles. The van der Waals surface area contributed by atoms with Crippen LogP contribution in [0.25, 0.3) is 33.3 Å². The fourth-order valence-electron chi connectivity index (χ4n) is 3.49. The number of benzene rings is 3. The Bertz CT molecular complexity index is 1390. The summed E-state index contributed by atoms with van der Waals surface area (Å²) < 4.78 is 11.3. The van der Waals surface area contributed by atoms with Gasteiger partial charge in [-0.2, -0.15) is 0 Å². The molecule has 0 fully saturated rings. The zero-order chi connectivity index (χ0) is 21.2. The van der Waals surface area contributed by atoms with Gasteiger partial charge in [-0.15, -0.1) is 0 Å². The second-order valence-electron chi connectivity index (χ2n) is 6.91. The van der Waals surface area contributed by atoms with E-state index in [1.54, 1.807) is 30.3 Å². The number of nitrogens with zero attached hydrogens (tertiary/aromatic N) is 2. The number of ether oxygens (including phenoxy) is 1. The smallest absolute Gasteiger partial charge is 0.339 e. The van der Waals surface area contributed by atoms with Crippen LogP contribution in [0.1, 0.15) is 20.8 Å². The first-order chi connectivity index (χ1) is 15.2. The fraction of sp³-hybridized carbons (Fsp3) is 0.0400. The average molecular weight is 408 g/mol. The number of pyridine rings is 1. The number of para-hydroxylation sites is 2. The second-order valence-corrected chi connectivity index (χ2v) is 6.91. The highest BCUT2D eigenvalue weighted by molar-refractivity contribution is 6.10. The van der Waals surface area contributed by atoms with E-state index in [9.17, 15) is 9.59 Å². The molecule has 0 saturated carbocycles. The molecular formula is C25H16N2O4. The highest BCUT2D eigenvalue weighted by atomic mass is 16.5. The summed E-state index contributed by atoms with van der Waals surface area (Å²) in [6.07, 6.45) is 1.52. The summed E-state index contributed by atoms with van der Waals surface area (Å²) in [5.41, 5.74) is 2.66. The summed E-state index contributed by atoms with van der Waals surface area (Å²) >= 11 is 0. The molecule has 5 aromatic rings. The van der Waals surface area contributed by atoms with Gasteiger partial charge in [0, 0.05) is 17.1 Å². The van der Waals surface area contributed by atoms with Gasteiger partial charge in [-0.1, -0.05) is 42.5 Å². The number of rotatable bonds is 5. The average Bonchev–Trinajstić information content (AvgIpc) is 3.26. The lowest BCUT2D eigenvalue weighted by Gasteiger charge is -2.10. The van der Waals surface area contributed by atoms with Crippen molar-refractivity contribution >= 4 is 33.6 Å². The van der Waals surface area contributed by atoms with Crippen molar-refractivity contribution in [1.29, 1.82) is 0 Å². The van der Waals surface area contributed by atoms with Gasteiger partial charge in [-0.3, -0.25) is 9.78 Å². The number of aromatic nitrogens is 2. The molecule has 3 aromatic carbocycles. The van der Waals surface area contributed by atoms with E-state index < -0.39 is 12.6 Å². The van der Waals surface area contributed by atoms with E-state index in [0.29, 0.717) is 28.0 Å².